The minimum Gasteiger partial charge on any atom is -0.508 e. The molecule has 12 nitrogen and oxygen atoms in total. The molecular formula is C29H32N6O6S. The van der Waals surface area contributed by atoms with Crippen molar-refractivity contribution >= 4 is 21.9 Å². The number of ether oxygens (including phenoxy) is 2. The predicted octanol–water partition coefficient (Wildman–Crippen LogP) is 3.45. The first-order valence-electron chi connectivity index (χ1n) is 13.4. The summed E-state index contributed by atoms with van der Waals surface area (Å²) in [4.78, 5) is 23.6. The molecule has 42 heavy (non-hydrogen) atoms. The Balaban J connectivity index is 1.36. The lowest BCUT2D eigenvalue weighted by Crippen LogP contribution is -2.40. The van der Waals surface area contributed by atoms with Gasteiger partial charge in [0.05, 0.1) is 18.4 Å². The molecular weight excluding hydrogens is 560 g/mol. The van der Waals surface area contributed by atoms with E-state index in [4.69, 9.17) is 9.47 Å². The molecule has 0 radical (unpaired) electrons. The van der Waals surface area contributed by atoms with Gasteiger partial charge < -0.3 is 19.5 Å². The topological polar surface area (TPSA) is 149 Å². The molecule has 220 valence electrons. The smallest absolute Gasteiger partial charge is 0.267 e. The van der Waals surface area contributed by atoms with Gasteiger partial charge in [-0.15, -0.1) is 0 Å². The highest BCUT2D eigenvalue weighted by atomic mass is 32.2. The Labute approximate surface area is 244 Å². The van der Waals surface area contributed by atoms with Gasteiger partial charge in [-0.2, -0.15) is 10.1 Å². The third kappa shape index (κ3) is 6.46. The molecule has 5 rings (SSSR count). The van der Waals surface area contributed by atoms with E-state index in [9.17, 15) is 18.3 Å². The first kappa shape index (κ1) is 28.9. The minimum atomic E-state index is -4.01. The standard InChI is InChI=1S/C29H32N6O6S/c1-18-6-5-7-19(2)27(18)25-14-26(32-29(31-25)33-42(38,39)24-15-30-34(4)17-24)41-23-12-13-35(16-23)28(37)20(3)40-22-10-8-21(36)9-11-22/h5-11,14-15,17,20,23,36H,12-13,16H2,1-4H3,(H,31,32,33). The lowest BCUT2D eigenvalue weighted by atomic mass is 10.00. The third-order valence-electron chi connectivity index (χ3n) is 6.90. The number of hydrogen-bond acceptors (Lipinski definition) is 9. The summed E-state index contributed by atoms with van der Waals surface area (Å²) in [7, 11) is -2.38. The molecule has 0 aliphatic carbocycles. The zero-order valence-electron chi connectivity index (χ0n) is 23.7. The number of carbonyl (C=O) groups excluding carboxylic acids is 1. The van der Waals surface area contributed by atoms with Gasteiger partial charge in [-0.1, -0.05) is 18.2 Å². The van der Waals surface area contributed by atoms with Crippen molar-refractivity contribution in [2.24, 2.45) is 7.05 Å². The van der Waals surface area contributed by atoms with E-state index in [0.717, 1.165) is 16.7 Å². The van der Waals surface area contributed by atoms with E-state index in [2.05, 4.69) is 19.8 Å². The normalized spacial score (nSPS) is 15.8. The number of sulfonamides is 1. The second-order valence-corrected chi connectivity index (χ2v) is 11.9. The fourth-order valence-electron chi connectivity index (χ4n) is 4.83. The Morgan fingerprint density at radius 1 is 1.12 bits per heavy atom. The number of anilines is 1. The van der Waals surface area contributed by atoms with Gasteiger partial charge in [-0.3, -0.25) is 9.48 Å². The molecule has 1 fully saturated rings. The molecule has 1 amide bonds. The van der Waals surface area contributed by atoms with Crippen LogP contribution in [0, 0.1) is 13.8 Å². The van der Waals surface area contributed by atoms with Gasteiger partial charge in [-0.25, -0.2) is 18.1 Å². The van der Waals surface area contributed by atoms with Crippen molar-refractivity contribution in [3.05, 3.63) is 72.1 Å². The van der Waals surface area contributed by atoms with Crippen LogP contribution in [0.15, 0.2) is 65.8 Å². The summed E-state index contributed by atoms with van der Waals surface area (Å²) >= 11 is 0. The Morgan fingerprint density at radius 3 is 2.50 bits per heavy atom. The second kappa shape index (κ2) is 11.7. The highest BCUT2D eigenvalue weighted by molar-refractivity contribution is 7.92. The first-order valence-corrected chi connectivity index (χ1v) is 14.8. The van der Waals surface area contributed by atoms with E-state index in [0.29, 0.717) is 31.0 Å². The fourth-order valence-corrected chi connectivity index (χ4v) is 5.75. The van der Waals surface area contributed by atoms with E-state index in [1.807, 2.05) is 32.0 Å². The maximum Gasteiger partial charge on any atom is 0.267 e. The zero-order chi connectivity index (χ0) is 30.0. The van der Waals surface area contributed by atoms with Crippen LogP contribution in [0.4, 0.5) is 5.95 Å². The highest BCUT2D eigenvalue weighted by Gasteiger charge is 2.32. The number of rotatable bonds is 9. The molecule has 13 heteroatoms. The largest absolute Gasteiger partial charge is 0.508 e. The number of nitrogens with zero attached hydrogens (tertiary/aromatic N) is 5. The molecule has 4 aromatic rings. The fraction of sp³-hybridized carbons (Fsp3) is 0.310. The molecule has 2 N–H and O–H groups in total. The Hall–Kier alpha value is -4.65. The number of phenolic OH excluding ortho intramolecular Hbond substituents is 1. The molecule has 2 unspecified atom stereocenters. The summed E-state index contributed by atoms with van der Waals surface area (Å²) in [5.74, 6) is 0.425. The zero-order valence-corrected chi connectivity index (χ0v) is 24.5. The third-order valence-corrected chi connectivity index (χ3v) is 8.18. The number of nitrogens with one attached hydrogen (secondary N) is 1. The molecule has 2 aromatic carbocycles. The van der Waals surface area contributed by atoms with E-state index in [-0.39, 0.29) is 34.5 Å². The van der Waals surface area contributed by atoms with Crippen molar-refractivity contribution < 1.29 is 27.8 Å². The second-order valence-electron chi connectivity index (χ2n) is 10.2. The maximum absolute atomic E-state index is 13.1. The quantitative estimate of drug-likeness (QED) is 0.298. The number of aromatic nitrogens is 4. The molecule has 0 bridgehead atoms. The molecule has 2 atom stereocenters. The van der Waals surface area contributed by atoms with Crippen LogP contribution in [-0.2, 0) is 21.9 Å². The van der Waals surface area contributed by atoms with Crippen LogP contribution in [-0.4, -0.2) is 69.4 Å². The van der Waals surface area contributed by atoms with Crippen LogP contribution >= 0.6 is 0 Å². The highest BCUT2D eigenvalue weighted by Crippen LogP contribution is 2.30. The monoisotopic (exact) mass is 592 g/mol. The van der Waals surface area contributed by atoms with Gasteiger partial charge in [0.15, 0.2) is 6.10 Å². The lowest BCUT2D eigenvalue weighted by Gasteiger charge is -2.22. The van der Waals surface area contributed by atoms with Gasteiger partial charge in [-0.05, 0) is 56.2 Å². The number of aromatic hydroxyl groups is 1. The van der Waals surface area contributed by atoms with Crippen molar-refractivity contribution in [1.29, 1.82) is 0 Å². The number of hydrogen-bond donors (Lipinski definition) is 2. The van der Waals surface area contributed by atoms with Crippen molar-refractivity contribution in [1.82, 2.24) is 24.6 Å². The summed E-state index contributed by atoms with van der Waals surface area (Å²) in [5, 5.41) is 13.4. The number of phenols is 1. The molecule has 0 spiro atoms. The van der Waals surface area contributed by atoms with Crippen molar-refractivity contribution in [3.63, 3.8) is 0 Å². The summed E-state index contributed by atoms with van der Waals surface area (Å²) in [6.45, 7) is 6.34. The average molecular weight is 593 g/mol. The van der Waals surface area contributed by atoms with Crippen LogP contribution in [0.3, 0.4) is 0 Å². The molecule has 1 saturated heterocycles. The van der Waals surface area contributed by atoms with Gasteiger partial charge in [0.25, 0.3) is 15.9 Å². The summed E-state index contributed by atoms with van der Waals surface area (Å²) in [5.41, 5.74) is 3.26. The minimum absolute atomic E-state index is 0.0258. The van der Waals surface area contributed by atoms with Crippen molar-refractivity contribution in [2.45, 2.75) is 44.3 Å². The molecule has 1 aliphatic heterocycles. The van der Waals surface area contributed by atoms with Gasteiger partial charge >= 0.3 is 0 Å². The van der Waals surface area contributed by atoms with Crippen LogP contribution < -0.4 is 14.2 Å². The SMILES string of the molecule is Cc1cccc(C)c1-c1cc(OC2CCN(C(=O)C(C)Oc3ccc(O)cc3)C2)nc(NS(=O)(=O)c2cnn(C)c2)n1. The Bertz CT molecular complexity index is 1690. The number of aryl methyl sites for hydroxylation is 3. The first-order chi connectivity index (χ1) is 20.0. The number of likely N-dealkylation sites (tertiary alicyclic amines) is 1. The van der Waals surface area contributed by atoms with E-state index in [1.165, 1.54) is 29.2 Å². The van der Waals surface area contributed by atoms with Crippen molar-refractivity contribution in [2.75, 3.05) is 17.8 Å². The van der Waals surface area contributed by atoms with Crippen molar-refractivity contribution in [3.8, 4) is 28.6 Å². The Morgan fingerprint density at radius 2 is 1.83 bits per heavy atom. The maximum atomic E-state index is 13.1. The van der Waals surface area contributed by atoms with Crippen LogP contribution in [0.1, 0.15) is 24.5 Å². The summed E-state index contributed by atoms with van der Waals surface area (Å²) in [6.07, 6.45) is 2.06. The lowest BCUT2D eigenvalue weighted by molar-refractivity contribution is -0.137. The van der Waals surface area contributed by atoms with Crippen LogP contribution in [0.2, 0.25) is 0 Å². The van der Waals surface area contributed by atoms with Gasteiger partial charge in [0.1, 0.15) is 22.5 Å². The number of carbonyl (C=O) groups is 1. The molecule has 0 saturated carbocycles. The van der Waals surface area contributed by atoms with E-state index < -0.39 is 16.1 Å². The van der Waals surface area contributed by atoms with E-state index in [1.54, 1.807) is 37.1 Å². The van der Waals surface area contributed by atoms with E-state index >= 15 is 0 Å². The molecule has 2 aromatic heterocycles. The van der Waals surface area contributed by atoms with Gasteiger partial charge in [0, 0.05) is 37.8 Å². The molecule has 1 aliphatic rings. The average Bonchev–Trinajstić information content (AvgIpc) is 3.59. The van der Waals surface area contributed by atoms with Crippen LogP contribution in [0.25, 0.3) is 11.3 Å². The Kier molecular flexibility index (Phi) is 8.03. The summed E-state index contributed by atoms with van der Waals surface area (Å²) in [6, 6.07) is 13.7. The predicted molar refractivity (Wildman–Crippen MR) is 155 cm³/mol. The number of benzene rings is 2. The number of amides is 1. The summed E-state index contributed by atoms with van der Waals surface area (Å²) < 4.78 is 41.9. The van der Waals surface area contributed by atoms with Crippen LogP contribution in [0.5, 0.6) is 17.4 Å². The van der Waals surface area contributed by atoms with Gasteiger partial charge in [0.2, 0.25) is 11.8 Å². The molecule has 3 heterocycles.